The highest BCUT2D eigenvalue weighted by atomic mass is 19.1. The molecule has 3 aromatic rings. The molecule has 4 rings (SSSR count). The SMILES string of the molecule is CCOc1cc2c(c(F)c1OCC)C(=N)N(CC(=O)c1cc(C(C)(C)C)c3oc(NC#N)nc3c1)C2. The molecule has 10 heteroatoms. The van der Waals surface area contributed by atoms with Gasteiger partial charge < -0.3 is 18.8 Å². The summed E-state index contributed by atoms with van der Waals surface area (Å²) in [6, 6.07) is 5.08. The molecule has 0 spiro atoms. The molecule has 0 radical (unpaired) electrons. The Morgan fingerprint density at radius 1 is 1.28 bits per heavy atom. The summed E-state index contributed by atoms with van der Waals surface area (Å²) in [7, 11) is 0. The van der Waals surface area contributed by atoms with Crippen LogP contribution in [0.2, 0.25) is 0 Å². The summed E-state index contributed by atoms with van der Waals surface area (Å²) in [6.07, 6.45) is 1.78. The summed E-state index contributed by atoms with van der Waals surface area (Å²) in [5, 5.41) is 19.9. The summed E-state index contributed by atoms with van der Waals surface area (Å²) >= 11 is 0. The molecule has 1 aliphatic heterocycles. The Bertz CT molecular complexity index is 1400. The van der Waals surface area contributed by atoms with Crippen LogP contribution in [0, 0.1) is 22.7 Å². The highest BCUT2D eigenvalue weighted by Gasteiger charge is 2.33. The molecule has 2 N–H and O–H groups in total. The number of Topliss-reactive ketones (excluding diaryl/α,β-unsaturated/α-hetero) is 1. The lowest BCUT2D eigenvalue weighted by atomic mass is 9.85. The summed E-state index contributed by atoms with van der Waals surface area (Å²) in [4.78, 5) is 19.2. The molecule has 0 saturated carbocycles. The first-order valence-electron chi connectivity index (χ1n) is 11.7. The van der Waals surface area contributed by atoms with E-state index in [9.17, 15) is 4.79 Å². The summed E-state index contributed by atoms with van der Waals surface area (Å²) in [6.45, 7) is 10.1. The van der Waals surface area contributed by atoms with Crippen LogP contribution in [0.4, 0.5) is 10.4 Å². The topological polar surface area (TPSA) is 124 Å². The normalized spacial score (nSPS) is 13.0. The van der Waals surface area contributed by atoms with Gasteiger partial charge in [0, 0.05) is 17.7 Å². The predicted molar refractivity (Wildman–Crippen MR) is 132 cm³/mol. The van der Waals surface area contributed by atoms with Gasteiger partial charge >= 0.3 is 6.01 Å². The number of anilines is 1. The van der Waals surface area contributed by atoms with E-state index >= 15 is 4.39 Å². The first kappa shape index (κ1) is 25.0. The Morgan fingerprint density at radius 3 is 2.64 bits per heavy atom. The Kier molecular flexibility index (Phi) is 6.59. The zero-order chi connectivity index (χ0) is 26.2. The van der Waals surface area contributed by atoms with Crippen LogP contribution >= 0.6 is 0 Å². The average molecular weight is 494 g/mol. The van der Waals surface area contributed by atoms with Gasteiger partial charge in [-0.25, -0.2) is 9.71 Å². The number of ketones is 1. The second kappa shape index (κ2) is 9.49. The number of carbonyl (C=O) groups excluding carboxylic acids is 1. The van der Waals surface area contributed by atoms with Gasteiger partial charge in [-0.1, -0.05) is 20.8 Å². The molecule has 0 aliphatic carbocycles. The maximum absolute atomic E-state index is 15.3. The van der Waals surface area contributed by atoms with Crippen LogP contribution in [0.25, 0.3) is 11.1 Å². The fraction of sp³-hybridized carbons (Fsp3) is 0.385. The number of amidine groups is 1. The molecular formula is C26H28FN5O4. The maximum Gasteiger partial charge on any atom is 0.309 e. The van der Waals surface area contributed by atoms with Gasteiger partial charge in [0.2, 0.25) is 0 Å². The summed E-state index contributed by atoms with van der Waals surface area (Å²) in [5.41, 5.74) is 2.39. The number of nitrogens with one attached hydrogen (secondary N) is 2. The molecular weight excluding hydrogens is 465 g/mol. The fourth-order valence-corrected chi connectivity index (χ4v) is 4.28. The molecule has 1 aliphatic rings. The van der Waals surface area contributed by atoms with E-state index in [1.54, 1.807) is 38.2 Å². The number of carbonyl (C=O) groups is 1. The smallest absolute Gasteiger partial charge is 0.309 e. The van der Waals surface area contributed by atoms with Crippen molar-refractivity contribution in [2.45, 2.75) is 46.6 Å². The number of rotatable bonds is 8. The lowest BCUT2D eigenvalue weighted by Gasteiger charge is -2.21. The molecule has 9 nitrogen and oxygen atoms in total. The van der Waals surface area contributed by atoms with E-state index < -0.39 is 5.82 Å². The fourth-order valence-electron chi connectivity index (χ4n) is 4.28. The average Bonchev–Trinajstić information content (AvgIpc) is 3.35. The van der Waals surface area contributed by atoms with Crippen molar-refractivity contribution in [1.29, 1.82) is 10.7 Å². The highest BCUT2D eigenvalue weighted by Crippen LogP contribution is 2.39. The predicted octanol–water partition coefficient (Wildman–Crippen LogP) is 4.98. The van der Waals surface area contributed by atoms with Gasteiger partial charge in [0.1, 0.15) is 11.4 Å². The number of aromatic nitrogens is 1. The second-order valence-electron chi connectivity index (χ2n) is 9.42. The van der Waals surface area contributed by atoms with Crippen molar-refractivity contribution in [3.05, 3.63) is 46.3 Å². The van der Waals surface area contributed by atoms with Crippen LogP contribution in [0.5, 0.6) is 11.5 Å². The minimum Gasteiger partial charge on any atom is -0.490 e. The minimum atomic E-state index is -0.658. The first-order chi connectivity index (χ1) is 17.1. The van der Waals surface area contributed by atoms with Crippen molar-refractivity contribution in [1.82, 2.24) is 9.88 Å². The Balaban J connectivity index is 1.66. The molecule has 0 amide bonds. The van der Waals surface area contributed by atoms with E-state index in [0.29, 0.717) is 28.8 Å². The van der Waals surface area contributed by atoms with Crippen LogP contribution in [-0.2, 0) is 12.0 Å². The van der Waals surface area contributed by atoms with E-state index in [2.05, 4.69) is 10.3 Å². The number of hydrogen-bond donors (Lipinski definition) is 2. The molecule has 0 fully saturated rings. The minimum absolute atomic E-state index is 0.0240. The third kappa shape index (κ3) is 4.44. The Labute approximate surface area is 208 Å². The quantitative estimate of drug-likeness (QED) is 0.256. The number of ether oxygens (including phenoxy) is 2. The standard InChI is InChI=1S/C26H28FN5O4/c1-6-34-19-10-15-11-32(24(29)20(15)21(27)23(19)35-7-2)12-18(33)14-8-16(26(3,4)5)22-17(9-14)31-25(36-22)30-13-28/h8-10,29H,6-7,11-12H2,1-5H3,(H,30,31). The Hall–Kier alpha value is -4.13. The molecule has 0 unspecified atom stereocenters. The van der Waals surface area contributed by atoms with Gasteiger partial charge in [-0.3, -0.25) is 10.2 Å². The zero-order valence-corrected chi connectivity index (χ0v) is 20.9. The molecule has 2 heterocycles. The second-order valence-corrected chi connectivity index (χ2v) is 9.42. The van der Waals surface area contributed by atoms with Gasteiger partial charge in [0.05, 0.1) is 25.3 Å². The number of hydrogen-bond acceptors (Lipinski definition) is 8. The van der Waals surface area contributed by atoms with Crippen LogP contribution in [0.15, 0.2) is 22.6 Å². The van der Waals surface area contributed by atoms with Crippen LogP contribution in [-0.4, -0.2) is 41.3 Å². The third-order valence-electron chi connectivity index (χ3n) is 5.89. The highest BCUT2D eigenvalue weighted by molar-refractivity contribution is 6.06. The van der Waals surface area contributed by atoms with Gasteiger partial charge in [0.25, 0.3) is 0 Å². The van der Waals surface area contributed by atoms with Crippen LogP contribution in [0.1, 0.15) is 61.7 Å². The third-order valence-corrected chi connectivity index (χ3v) is 5.89. The van der Waals surface area contributed by atoms with Crippen molar-refractivity contribution in [3.8, 4) is 17.7 Å². The number of oxazole rings is 1. The Morgan fingerprint density at radius 2 is 2.00 bits per heavy atom. The molecule has 188 valence electrons. The van der Waals surface area contributed by atoms with Gasteiger partial charge in [0.15, 0.2) is 34.9 Å². The van der Waals surface area contributed by atoms with E-state index in [1.807, 2.05) is 20.8 Å². The zero-order valence-electron chi connectivity index (χ0n) is 20.9. The van der Waals surface area contributed by atoms with E-state index in [0.717, 1.165) is 5.56 Å². The molecule has 0 bridgehead atoms. The number of fused-ring (bicyclic) bond motifs is 2. The number of benzene rings is 2. The van der Waals surface area contributed by atoms with Crippen LogP contribution < -0.4 is 14.8 Å². The summed E-state index contributed by atoms with van der Waals surface area (Å²) in [5.74, 6) is -0.741. The molecule has 2 aromatic carbocycles. The van der Waals surface area contributed by atoms with E-state index in [4.69, 9.17) is 24.6 Å². The molecule has 1 aromatic heterocycles. The van der Waals surface area contributed by atoms with E-state index in [1.165, 1.54) is 4.90 Å². The number of halogens is 1. The molecule has 36 heavy (non-hydrogen) atoms. The molecule has 0 atom stereocenters. The first-order valence-corrected chi connectivity index (χ1v) is 11.7. The lowest BCUT2D eigenvalue weighted by Crippen LogP contribution is -2.30. The maximum atomic E-state index is 15.3. The van der Waals surface area contributed by atoms with Crippen molar-refractivity contribution in [2.24, 2.45) is 0 Å². The number of nitriles is 1. The van der Waals surface area contributed by atoms with Crippen molar-refractivity contribution >= 4 is 28.7 Å². The van der Waals surface area contributed by atoms with Crippen molar-refractivity contribution in [2.75, 3.05) is 25.1 Å². The van der Waals surface area contributed by atoms with Crippen molar-refractivity contribution < 1.29 is 23.1 Å². The number of nitrogens with zero attached hydrogens (tertiary/aromatic N) is 3. The molecule has 0 saturated heterocycles. The summed E-state index contributed by atoms with van der Waals surface area (Å²) < 4.78 is 32.1. The largest absolute Gasteiger partial charge is 0.490 e. The van der Waals surface area contributed by atoms with Crippen LogP contribution in [0.3, 0.4) is 0 Å². The van der Waals surface area contributed by atoms with Gasteiger partial charge in [-0.05, 0) is 43.0 Å². The monoisotopic (exact) mass is 493 g/mol. The lowest BCUT2D eigenvalue weighted by molar-refractivity contribution is 0.0962. The van der Waals surface area contributed by atoms with Gasteiger partial charge in [-0.2, -0.15) is 10.2 Å². The van der Waals surface area contributed by atoms with E-state index in [-0.39, 0.29) is 59.8 Å². The van der Waals surface area contributed by atoms with Crippen molar-refractivity contribution in [3.63, 3.8) is 0 Å². The van der Waals surface area contributed by atoms with Gasteiger partial charge in [-0.15, -0.1) is 0 Å².